The molecule has 0 saturated carbocycles. The number of aryl methyl sites for hydroxylation is 1. The van der Waals surface area contributed by atoms with Crippen LogP contribution < -0.4 is 15.4 Å². The van der Waals surface area contributed by atoms with Gasteiger partial charge in [0.25, 0.3) is 0 Å². The molecule has 1 rings (SSSR count). The molecule has 0 spiro atoms. The zero-order valence-electron chi connectivity index (χ0n) is 11.1. The van der Waals surface area contributed by atoms with E-state index in [4.69, 9.17) is 14.9 Å². The van der Waals surface area contributed by atoms with Crippen molar-refractivity contribution in [1.29, 1.82) is 0 Å². The number of amides is 2. The van der Waals surface area contributed by atoms with Gasteiger partial charge in [-0.2, -0.15) is 4.98 Å². The highest BCUT2D eigenvalue weighted by molar-refractivity contribution is 5.90. The molecule has 2 amide bonds. The van der Waals surface area contributed by atoms with Crippen molar-refractivity contribution in [3.8, 4) is 5.88 Å². The third-order valence-corrected chi connectivity index (χ3v) is 2.29. The molecule has 0 saturated heterocycles. The van der Waals surface area contributed by atoms with Crippen molar-refractivity contribution in [2.45, 2.75) is 19.4 Å². The smallest absolute Gasteiger partial charge is 0.326 e. The lowest BCUT2D eigenvalue weighted by Crippen LogP contribution is -2.43. The molecule has 0 radical (unpaired) electrons. The van der Waals surface area contributed by atoms with Gasteiger partial charge in [0.2, 0.25) is 11.8 Å². The maximum atomic E-state index is 11.6. The first-order chi connectivity index (χ1) is 9.46. The minimum absolute atomic E-state index is 0.00696. The molecule has 9 heteroatoms. The van der Waals surface area contributed by atoms with Gasteiger partial charge >= 0.3 is 12.0 Å². The van der Waals surface area contributed by atoms with Crippen LogP contribution in [0.2, 0.25) is 0 Å². The van der Waals surface area contributed by atoms with Gasteiger partial charge in [-0.3, -0.25) is 5.32 Å². The molecule has 9 nitrogen and oxygen atoms in total. The molecular weight excluding hydrogens is 268 g/mol. The Kier molecular flexibility index (Phi) is 5.66. The summed E-state index contributed by atoms with van der Waals surface area (Å²) in [4.78, 5) is 30.3. The summed E-state index contributed by atoms with van der Waals surface area (Å²) in [5.41, 5.74) is 0.581. The van der Waals surface area contributed by atoms with E-state index < -0.39 is 18.0 Å². The number of urea groups is 1. The molecule has 4 N–H and O–H groups in total. The SMILES string of the molecule is COc1cc(C)nc(NC(=O)N[C@@H](CCO)C(=O)O)n1. The Hall–Kier alpha value is -2.42. The quantitative estimate of drug-likeness (QED) is 0.566. The second-order valence-electron chi connectivity index (χ2n) is 3.88. The zero-order valence-corrected chi connectivity index (χ0v) is 11.1. The lowest BCUT2D eigenvalue weighted by Gasteiger charge is -2.13. The summed E-state index contributed by atoms with van der Waals surface area (Å²) in [5, 5.41) is 22.1. The molecule has 0 aliphatic rings. The largest absolute Gasteiger partial charge is 0.481 e. The van der Waals surface area contributed by atoms with Crippen molar-refractivity contribution >= 4 is 17.9 Å². The lowest BCUT2D eigenvalue weighted by molar-refractivity contribution is -0.139. The fourth-order valence-electron chi connectivity index (χ4n) is 1.38. The number of carboxylic acids is 1. The minimum atomic E-state index is -1.24. The van der Waals surface area contributed by atoms with Crippen molar-refractivity contribution in [2.24, 2.45) is 0 Å². The number of aliphatic hydroxyl groups is 1. The van der Waals surface area contributed by atoms with E-state index in [-0.39, 0.29) is 24.9 Å². The third-order valence-electron chi connectivity index (χ3n) is 2.29. The molecule has 0 aliphatic carbocycles. The maximum Gasteiger partial charge on any atom is 0.326 e. The molecule has 1 atom stereocenters. The van der Waals surface area contributed by atoms with Crippen molar-refractivity contribution in [3.05, 3.63) is 11.8 Å². The molecule has 110 valence electrons. The van der Waals surface area contributed by atoms with Crippen LogP contribution in [0.25, 0.3) is 0 Å². The number of carboxylic acid groups (broad SMARTS) is 1. The topological polar surface area (TPSA) is 134 Å². The van der Waals surface area contributed by atoms with Gasteiger partial charge in [-0.1, -0.05) is 0 Å². The summed E-state index contributed by atoms with van der Waals surface area (Å²) < 4.78 is 4.93. The Morgan fingerprint density at radius 2 is 2.15 bits per heavy atom. The summed E-state index contributed by atoms with van der Waals surface area (Å²) in [6, 6.07) is -0.389. The summed E-state index contributed by atoms with van der Waals surface area (Å²) in [5.74, 6) is -0.970. The van der Waals surface area contributed by atoms with Crippen LogP contribution in [0.3, 0.4) is 0 Å². The fourth-order valence-corrected chi connectivity index (χ4v) is 1.38. The van der Waals surface area contributed by atoms with Crippen LogP contribution in [-0.2, 0) is 4.79 Å². The predicted molar refractivity (Wildman–Crippen MR) is 68.6 cm³/mol. The molecule has 1 aromatic heterocycles. The number of aliphatic hydroxyl groups excluding tert-OH is 1. The van der Waals surface area contributed by atoms with Gasteiger partial charge in [-0.25, -0.2) is 14.6 Å². The monoisotopic (exact) mass is 284 g/mol. The Morgan fingerprint density at radius 1 is 1.45 bits per heavy atom. The standard InChI is InChI=1S/C11H16N4O5/c1-6-5-8(20-2)14-10(12-6)15-11(19)13-7(3-4-16)9(17)18/h5,7,16H,3-4H2,1-2H3,(H,17,18)(H2,12,13,14,15,19)/t7-/m0/s1. The summed E-state index contributed by atoms with van der Waals surface area (Å²) >= 11 is 0. The Balaban J connectivity index is 2.70. The van der Waals surface area contributed by atoms with Crippen LogP contribution in [0.1, 0.15) is 12.1 Å². The summed E-state index contributed by atoms with van der Waals surface area (Å²) in [7, 11) is 1.42. The molecule has 0 unspecified atom stereocenters. The van der Waals surface area contributed by atoms with E-state index in [9.17, 15) is 9.59 Å². The zero-order chi connectivity index (χ0) is 15.1. The van der Waals surface area contributed by atoms with Gasteiger partial charge in [0.1, 0.15) is 6.04 Å². The van der Waals surface area contributed by atoms with Crippen LogP contribution in [-0.4, -0.2) is 51.9 Å². The first-order valence-electron chi connectivity index (χ1n) is 5.77. The summed E-state index contributed by atoms with van der Waals surface area (Å²) in [6.45, 7) is 1.34. The first kappa shape index (κ1) is 15.6. The molecular formula is C11H16N4O5. The molecule has 0 bridgehead atoms. The van der Waals surface area contributed by atoms with Crippen LogP contribution in [0.15, 0.2) is 6.07 Å². The number of aromatic nitrogens is 2. The molecule has 0 aromatic carbocycles. The van der Waals surface area contributed by atoms with Crippen molar-refractivity contribution in [3.63, 3.8) is 0 Å². The van der Waals surface area contributed by atoms with E-state index in [1.807, 2.05) is 0 Å². The van der Waals surface area contributed by atoms with Crippen LogP contribution in [0.4, 0.5) is 10.7 Å². The number of carbonyl (C=O) groups excluding carboxylic acids is 1. The number of anilines is 1. The minimum Gasteiger partial charge on any atom is -0.481 e. The number of hydrogen-bond donors (Lipinski definition) is 4. The van der Waals surface area contributed by atoms with Gasteiger partial charge in [0, 0.05) is 24.8 Å². The number of hydrogen-bond acceptors (Lipinski definition) is 6. The predicted octanol–water partition coefficient (Wildman–Crippen LogP) is -0.249. The van der Waals surface area contributed by atoms with Gasteiger partial charge in [-0.15, -0.1) is 0 Å². The summed E-state index contributed by atoms with van der Waals surface area (Å²) in [6.07, 6.45) is -0.0965. The van der Waals surface area contributed by atoms with E-state index in [0.29, 0.717) is 5.69 Å². The third kappa shape index (κ3) is 4.69. The maximum absolute atomic E-state index is 11.6. The first-order valence-corrected chi connectivity index (χ1v) is 5.77. The molecule has 1 heterocycles. The molecule has 0 aliphatic heterocycles. The normalized spacial score (nSPS) is 11.6. The van der Waals surface area contributed by atoms with Crippen LogP contribution in [0, 0.1) is 6.92 Å². The van der Waals surface area contributed by atoms with E-state index >= 15 is 0 Å². The second kappa shape index (κ2) is 7.24. The number of nitrogens with zero attached hydrogens (tertiary/aromatic N) is 2. The van der Waals surface area contributed by atoms with Gasteiger partial charge < -0.3 is 20.3 Å². The van der Waals surface area contributed by atoms with Gasteiger partial charge in [0.05, 0.1) is 7.11 Å². The highest BCUT2D eigenvalue weighted by Gasteiger charge is 2.19. The lowest BCUT2D eigenvalue weighted by atomic mass is 10.2. The number of nitrogens with one attached hydrogen (secondary N) is 2. The van der Waals surface area contributed by atoms with Crippen LogP contribution >= 0.6 is 0 Å². The van der Waals surface area contributed by atoms with Gasteiger partial charge in [0.15, 0.2) is 0 Å². The molecule has 20 heavy (non-hydrogen) atoms. The average molecular weight is 284 g/mol. The fraction of sp³-hybridized carbons (Fsp3) is 0.455. The second-order valence-corrected chi connectivity index (χ2v) is 3.88. The van der Waals surface area contributed by atoms with Crippen molar-refractivity contribution < 1.29 is 24.5 Å². The van der Waals surface area contributed by atoms with E-state index in [0.717, 1.165) is 0 Å². The highest BCUT2D eigenvalue weighted by Crippen LogP contribution is 2.10. The van der Waals surface area contributed by atoms with Crippen molar-refractivity contribution in [2.75, 3.05) is 19.0 Å². The van der Waals surface area contributed by atoms with Crippen molar-refractivity contribution in [1.82, 2.24) is 15.3 Å². The Morgan fingerprint density at radius 3 is 2.70 bits per heavy atom. The molecule has 1 aromatic rings. The Bertz CT molecular complexity index is 494. The van der Waals surface area contributed by atoms with E-state index in [1.165, 1.54) is 7.11 Å². The van der Waals surface area contributed by atoms with Crippen LogP contribution in [0.5, 0.6) is 5.88 Å². The highest BCUT2D eigenvalue weighted by atomic mass is 16.5. The average Bonchev–Trinajstić information content (AvgIpc) is 2.37. The number of carbonyl (C=O) groups is 2. The Labute approximate surface area is 115 Å². The number of aliphatic carboxylic acids is 1. The van der Waals surface area contributed by atoms with E-state index in [1.54, 1.807) is 13.0 Å². The number of ether oxygens (including phenoxy) is 1. The number of rotatable bonds is 6. The number of methoxy groups -OCH3 is 1. The molecule has 0 fully saturated rings. The van der Waals surface area contributed by atoms with Gasteiger partial charge in [-0.05, 0) is 6.92 Å². The van der Waals surface area contributed by atoms with E-state index in [2.05, 4.69) is 20.6 Å².